The molecule has 3 N–H and O–H groups in total. The topological polar surface area (TPSA) is 78.4 Å². The second-order valence-electron chi connectivity index (χ2n) is 5.76. The normalized spacial score (nSPS) is 11.6. The molecule has 2 aromatic carbocycles. The van der Waals surface area contributed by atoms with Gasteiger partial charge < -0.3 is 15.7 Å². The van der Waals surface area contributed by atoms with Crippen LogP contribution in [-0.4, -0.2) is 23.5 Å². The lowest BCUT2D eigenvalue weighted by atomic mass is 10.0. The molecule has 2 amide bonds. The fourth-order valence-corrected chi connectivity index (χ4v) is 2.71. The molecule has 1 unspecified atom stereocenters. The number of benzene rings is 2. The predicted molar refractivity (Wildman–Crippen MR) is 98.2 cm³/mol. The standard InChI is InChI=1S/C20H24N2O3/c1-3-14-10-11-17(12-15(14)4-2)21-19(24)20(25)22-18(13-23)16-8-6-5-7-9-16/h5-12,18,23H,3-4,13H2,1-2H3,(H,21,24)(H,22,25). The van der Waals surface area contributed by atoms with Crippen LogP contribution in [0.1, 0.15) is 36.6 Å². The van der Waals surface area contributed by atoms with E-state index in [1.54, 1.807) is 18.2 Å². The lowest BCUT2D eigenvalue weighted by Gasteiger charge is -2.16. The van der Waals surface area contributed by atoms with Crippen molar-refractivity contribution >= 4 is 17.5 Å². The van der Waals surface area contributed by atoms with Crippen LogP contribution in [0, 0.1) is 0 Å². The van der Waals surface area contributed by atoms with E-state index in [9.17, 15) is 14.7 Å². The lowest BCUT2D eigenvalue weighted by Crippen LogP contribution is -2.39. The van der Waals surface area contributed by atoms with Crippen molar-refractivity contribution in [3.8, 4) is 0 Å². The first kappa shape index (κ1) is 18.7. The van der Waals surface area contributed by atoms with Crippen LogP contribution in [0.3, 0.4) is 0 Å². The van der Waals surface area contributed by atoms with Gasteiger partial charge in [0.1, 0.15) is 0 Å². The lowest BCUT2D eigenvalue weighted by molar-refractivity contribution is -0.136. The van der Waals surface area contributed by atoms with Crippen molar-refractivity contribution in [3.05, 3.63) is 65.2 Å². The van der Waals surface area contributed by atoms with Gasteiger partial charge in [0.25, 0.3) is 0 Å². The summed E-state index contributed by atoms with van der Waals surface area (Å²) in [7, 11) is 0. The fourth-order valence-electron chi connectivity index (χ4n) is 2.71. The summed E-state index contributed by atoms with van der Waals surface area (Å²) in [5.41, 5.74) is 3.72. The van der Waals surface area contributed by atoms with Gasteiger partial charge in [-0.15, -0.1) is 0 Å². The van der Waals surface area contributed by atoms with E-state index >= 15 is 0 Å². The number of hydrogen-bond acceptors (Lipinski definition) is 3. The van der Waals surface area contributed by atoms with Gasteiger partial charge in [0, 0.05) is 5.69 Å². The molecule has 5 nitrogen and oxygen atoms in total. The number of anilines is 1. The van der Waals surface area contributed by atoms with Crippen LogP contribution < -0.4 is 10.6 Å². The molecule has 0 radical (unpaired) electrons. The third-order valence-electron chi connectivity index (χ3n) is 4.12. The van der Waals surface area contributed by atoms with Gasteiger partial charge in [0.15, 0.2) is 0 Å². The highest BCUT2D eigenvalue weighted by Gasteiger charge is 2.19. The SMILES string of the molecule is CCc1ccc(NC(=O)C(=O)NC(CO)c2ccccc2)cc1CC. The Kier molecular flexibility index (Phi) is 6.71. The van der Waals surface area contributed by atoms with E-state index in [0.29, 0.717) is 5.69 Å². The van der Waals surface area contributed by atoms with Crippen molar-refractivity contribution in [2.75, 3.05) is 11.9 Å². The van der Waals surface area contributed by atoms with Crippen molar-refractivity contribution in [1.29, 1.82) is 0 Å². The summed E-state index contributed by atoms with van der Waals surface area (Å²) in [4.78, 5) is 24.3. The first-order chi connectivity index (χ1) is 12.1. The third kappa shape index (κ3) is 4.90. The molecule has 0 aliphatic heterocycles. The van der Waals surface area contributed by atoms with Crippen molar-refractivity contribution < 1.29 is 14.7 Å². The zero-order chi connectivity index (χ0) is 18.2. The molecular formula is C20H24N2O3. The van der Waals surface area contributed by atoms with Crippen LogP contribution in [0.4, 0.5) is 5.69 Å². The second-order valence-corrected chi connectivity index (χ2v) is 5.76. The summed E-state index contributed by atoms with van der Waals surface area (Å²) >= 11 is 0. The molecule has 0 fully saturated rings. The number of aliphatic hydroxyl groups excluding tert-OH is 1. The first-order valence-corrected chi connectivity index (χ1v) is 8.48. The molecule has 2 rings (SSSR count). The van der Waals surface area contributed by atoms with Gasteiger partial charge in [-0.25, -0.2) is 0 Å². The molecule has 0 spiro atoms. The molecular weight excluding hydrogens is 316 g/mol. The van der Waals surface area contributed by atoms with E-state index < -0.39 is 17.9 Å². The number of aryl methyl sites for hydroxylation is 2. The summed E-state index contributed by atoms with van der Waals surface area (Å²) in [6.07, 6.45) is 1.78. The van der Waals surface area contributed by atoms with E-state index in [2.05, 4.69) is 24.5 Å². The number of carbonyl (C=O) groups excluding carboxylic acids is 2. The summed E-state index contributed by atoms with van der Waals surface area (Å²) in [6.45, 7) is 3.85. The van der Waals surface area contributed by atoms with Gasteiger partial charge in [-0.3, -0.25) is 9.59 Å². The number of carbonyl (C=O) groups is 2. The van der Waals surface area contributed by atoms with Crippen LogP contribution in [0.25, 0.3) is 0 Å². The summed E-state index contributed by atoms with van der Waals surface area (Å²) in [5, 5.41) is 14.6. The van der Waals surface area contributed by atoms with Gasteiger partial charge in [0.05, 0.1) is 12.6 Å². The fraction of sp³-hybridized carbons (Fsp3) is 0.300. The molecule has 0 aromatic heterocycles. The number of amides is 2. The number of aliphatic hydroxyl groups is 1. The van der Waals surface area contributed by atoms with Crippen LogP contribution in [-0.2, 0) is 22.4 Å². The zero-order valence-electron chi connectivity index (χ0n) is 14.6. The highest BCUT2D eigenvalue weighted by atomic mass is 16.3. The largest absolute Gasteiger partial charge is 0.394 e. The van der Waals surface area contributed by atoms with Gasteiger partial charge in [-0.05, 0) is 41.7 Å². The zero-order valence-corrected chi connectivity index (χ0v) is 14.6. The second kappa shape index (κ2) is 8.99. The molecule has 5 heteroatoms. The van der Waals surface area contributed by atoms with Crippen LogP contribution >= 0.6 is 0 Å². The Morgan fingerprint density at radius 3 is 2.24 bits per heavy atom. The molecule has 132 valence electrons. The van der Waals surface area contributed by atoms with Gasteiger partial charge in [-0.2, -0.15) is 0 Å². The highest BCUT2D eigenvalue weighted by molar-refractivity contribution is 6.39. The minimum absolute atomic E-state index is 0.284. The van der Waals surface area contributed by atoms with Gasteiger partial charge in [-0.1, -0.05) is 50.2 Å². The Bertz CT molecular complexity index is 729. The number of hydrogen-bond donors (Lipinski definition) is 3. The maximum Gasteiger partial charge on any atom is 0.313 e. The molecule has 0 bridgehead atoms. The molecule has 1 atom stereocenters. The molecule has 0 saturated carbocycles. The van der Waals surface area contributed by atoms with Crippen molar-refractivity contribution in [2.24, 2.45) is 0 Å². The number of nitrogens with one attached hydrogen (secondary N) is 2. The Hall–Kier alpha value is -2.66. The quantitative estimate of drug-likeness (QED) is 0.707. The molecule has 0 aliphatic carbocycles. The third-order valence-corrected chi connectivity index (χ3v) is 4.12. The monoisotopic (exact) mass is 340 g/mol. The maximum atomic E-state index is 12.1. The predicted octanol–water partition coefficient (Wildman–Crippen LogP) is 2.60. The molecule has 25 heavy (non-hydrogen) atoms. The Morgan fingerprint density at radius 2 is 1.64 bits per heavy atom. The number of rotatable bonds is 6. The molecule has 0 aliphatic rings. The maximum absolute atomic E-state index is 12.1. The minimum atomic E-state index is -0.777. The smallest absolute Gasteiger partial charge is 0.313 e. The summed E-state index contributed by atoms with van der Waals surface area (Å²) in [5.74, 6) is -1.53. The molecule has 0 heterocycles. The minimum Gasteiger partial charge on any atom is -0.394 e. The van der Waals surface area contributed by atoms with Crippen molar-refractivity contribution in [2.45, 2.75) is 32.7 Å². The van der Waals surface area contributed by atoms with E-state index in [0.717, 1.165) is 24.0 Å². The molecule has 2 aromatic rings. The van der Waals surface area contributed by atoms with E-state index in [-0.39, 0.29) is 6.61 Å². The Labute approximate surface area is 148 Å². The first-order valence-electron chi connectivity index (χ1n) is 8.48. The highest BCUT2D eigenvalue weighted by Crippen LogP contribution is 2.17. The van der Waals surface area contributed by atoms with Crippen LogP contribution in [0.2, 0.25) is 0 Å². The molecule has 0 saturated heterocycles. The van der Waals surface area contributed by atoms with Gasteiger partial charge >= 0.3 is 11.8 Å². The summed E-state index contributed by atoms with van der Waals surface area (Å²) in [6, 6.07) is 14.1. The van der Waals surface area contributed by atoms with Crippen LogP contribution in [0.5, 0.6) is 0 Å². The average molecular weight is 340 g/mol. The van der Waals surface area contributed by atoms with E-state index in [1.807, 2.05) is 30.3 Å². The Morgan fingerprint density at radius 1 is 0.960 bits per heavy atom. The average Bonchev–Trinajstić information content (AvgIpc) is 2.66. The van der Waals surface area contributed by atoms with Crippen molar-refractivity contribution in [1.82, 2.24) is 5.32 Å². The van der Waals surface area contributed by atoms with Gasteiger partial charge in [0.2, 0.25) is 0 Å². The Balaban J connectivity index is 2.04. The summed E-state index contributed by atoms with van der Waals surface area (Å²) < 4.78 is 0. The van der Waals surface area contributed by atoms with Crippen molar-refractivity contribution in [3.63, 3.8) is 0 Å². The van der Waals surface area contributed by atoms with E-state index in [4.69, 9.17) is 0 Å². The van der Waals surface area contributed by atoms with Crippen LogP contribution in [0.15, 0.2) is 48.5 Å². The van der Waals surface area contributed by atoms with E-state index in [1.165, 1.54) is 5.56 Å².